The van der Waals surface area contributed by atoms with Gasteiger partial charge in [-0.2, -0.15) is 0 Å². The number of hydrogen-bond donors (Lipinski definition) is 1. The smallest absolute Gasteiger partial charge is 0.331 e. The number of hydrogen-bond acceptors (Lipinski definition) is 7. The number of aliphatic hydroxyl groups excluding tert-OH is 1. The monoisotopic (exact) mass is 325 g/mol. The maximum atomic E-state index is 12.3. The number of ether oxygens (including phenoxy) is 1. The van der Waals surface area contributed by atoms with Crippen LogP contribution < -0.4 is 0 Å². The van der Waals surface area contributed by atoms with Crippen LogP contribution in [-0.2, 0) is 23.1 Å². The lowest BCUT2D eigenvalue weighted by Crippen LogP contribution is -2.31. The van der Waals surface area contributed by atoms with Gasteiger partial charge in [-0.25, -0.2) is 0 Å². The molecule has 0 aliphatic rings. The Labute approximate surface area is 127 Å². The van der Waals surface area contributed by atoms with Gasteiger partial charge >= 0.3 is 13.6 Å². The van der Waals surface area contributed by atoms with Gasteiger partial charge in [0.1, 0.15) is 0 Å². The minimum absolute atomic E-state index is 0.00575. The molecule has 7 nitrogen and oxygen atoms in total. The molecule has 0 saturated carbocycles. The van der Waals surface area contributed by atoms with E-state index in [1.807, 2.05) is 4.90 Å². The first-order valence-corrected chi connectivity index (χ1v) is 9.02. The molecule has 0 aliphatic heterocycles. The van der Waals surface area contributed by atoms with E-state index < -0.39 is 7.60 Å². The Morgan fingerprint density at radius 1 is 1.14 bits per heavy atom. The molecule has 0 spiro atoms. The van der Waals surface area contributed by atoms with Crippen molar-refractivity contribution in [1.82, 2.24) is 4.90 Å². The van der Waals surface area contributed by atoms with Crippen LogP contribution in [0.3, 0.4) is 0 Å². The van der Waals surface area contributed by atoms with Crippen LogP contribution in [0.25, 0.3) is 0 Å². The second kappa shape index (κ2) is 12.1. The van der Waals surface area contributed by atoms with Crippen molar-refractivity contribution in [2.24, 2.45) is 0 Å². The maximum Gasteiger partial charge on any atom is 0.331 e. The molecule has 0 rings (SSSR count). The second-order valence-corrected chi connectivity index (χ2v) is 6.60. The Hall–Kier alpha value is -0.460. The number of rotatable bonds is 13. The molecule has 0 aromatic rings. The standard InChI is InChI=1S/C13H28NO6P/c1-4-19-21(17,20-5-2)12-10-14(9-11-15)8-6-7-13(16)18-3/h15H,4-12H2,1-3H3. The Balaban J connectivity index is 4.28. The third-order valence-electron chi connectivity index (χ3n) is 2.84. The molecule has 0 atom stereocenters. The molecular weight excluding hydrogens is 297 g/mol. The van der Waals surface area contributed by atoms with Gasteiger partial charge in [0.15, 0.2) is 0 Å². The summed E-state index contributed by atoms with van der Waals surface area (Å²) < 4.78 is 27.4. The summed E-state index contributed by atoms with van der Waals surface area (Å²) in [4.78, 5) is 13.0. The van der Waals surface area contributed by atoms with Gasteiger partial charge in [-0.1, -0.05) is 0 Å². The van der Waals surface area contributed by atoms with Crippen molar-refractivity contribution >= 4 is 13.6 Å². The fourth-order valence-electron chi connectivity index (χ4n) is 1.85. The highest BCUT2D eigenvalue weighted by atomic mass is 31.2. The van der Waals surface area contributed by atoms with Gasteiger partial charge in [0, 0.05) is 19.5 Å². The highest BCUT2D eigenvalue weighted by Crippen LogP contribution is 2.47. The summed E-state index contributed by atoms with van der Waals surface area (Å²) in [5.41, 5.74) is 0. The van der Waals surface area contributed by atoms with Gasteiger partial charge < -0.3 is 23.8 Å². The Bertz CT molecular complexity index is 316. The summed E-state index contributed by atoms with van der Waals surface area (Å²) in [6.07, 6.45) is 1.22. The molecule has 0 unspecified atom stereocenters. The van der Waals surface area contributed by atoms with Gasteiger partial charge in [-0.3, -0.25) is 9.36 Å². The third kappa shape index (κ3) is 9.98. The van der Waals surface area contributed by atoms with Crippen molar-refractivity contribution in [3.8, 4) is 0 Å². The molecule has 21 heavy (non-hydrogen) atoms. The highest BCUT2D eigenvalue weighted by molar-refractivity contribution is 7.53. The zero-order valence-corrected chi connectivity index (χ0v) is 14.1. The van der Waals surface area contributed by atoms with Crippen molar-refractivity contribution in [1.29, 1.82) is 0 Å². The fourth-order valence-corrected chi connectivity index (χ4v) is 3.50. The first kappa shape index (κ1) is 20.5. The molecule has 0 amide bonds. The van der Waals surface area contributed by atoms with E-state index in [2.05, 4.69) is 4.74 Å². The van der Waals surface area contributed by atoms with Crippen molar-refractivity contribution in [3.63, 3.8) is 0 Å². The molecule has 0 bridgehead atoms. The molecule has 8 heteroatoms. The largest absolute Gasteiger partial charge is 0.469 e. The first-order chi connectivity index (χ1) is 10.0. The van der Waals surface area contributed by atoms with E-state index in [9.17, 15) is 9.36 Å². The van der Waals surface area contributed by atoms with Crippen LogP contribution >= 0.6 is 7.60 Å². The SMILES string of the molecule is CCOP(=O)(CCN(CCO)CCCC(=O)OC)OCC. The van der Waals surface area contributed by atoms with Gasteiger partial charge in [0.25, 0.3) is 0 Å². The molecule has 126 valence electrons. The first-order valence-electron chi connectivity index (χ1n) is 7.29. The lowest BCUT2D eigenvalue weighted by atomic mass is 10.3. The van der Waals surface area contributed by atoms with Crippen LogP contribution in [0.4, 0.5) is 0 Å². The number of aliphatic hydroxyl groups is 1. The fraction of sp³-hybridized carbons (Fsp3) is 0.923. The third-order valence-corrected chi connectivity index (χ3v) is 4.89. The van der Waals surface area contributed by atoms with E-state index in [0.717, 1.165) is 0 Å². The van der Waals surface area contributed by atoms with Gasteiger partial charge in [0.2, 0.25) is 0 Å². The summed E-state index contributed by atoms with van der Waals surface area (Å²) >= 11 is 0. The van der Waals surface area contributed by atoms with Crippen molar-refractivity contribution in [3.05, 3.63) is 0 Å². The molecule has 1 N–H and O–H groups in total. The molecule has 0 saturated heterocycles. The second-order valence-electron chi connectivity index (χ2n) is 4.41. The van der Waals surface area contributed by atoms with Crippen LogP contribution in [-0.4, -0.2) is 68.7 Å². The lowest BCUT2D eigenvalue weighted by molar-refractivity contribution is -0.140. The van der Waals surface area contributed by atoms with Crippen molar-refractivity contribution in [2.75, 3.05) is 52.7 Å². The predicted molar refractivity (Wildman–Crippen MR) is 80.5 cm³/mol. The van der Waals surface area contributed by atoms with E-state index in [4.69, 9.17) is 14.2 Å². The summed E-state index contributed by atoms with van der Waals surface area (Å²) in [6.45, 7) is 5.78. The average Bonchev–Trinajstić information content (AvgIpc) is 2.45. The summed E-state index contributed by atoms with van der Waals surface area (Å²) in [5.74, 6) is -0.256. The van der Waals surface area contributed by atoms with E-state index in [-0.39, 0.29) is 18.7 Å². The Morgan fingerprint density at radius 3 is 2.24 bits per heavy atom. The van der Waals surface area contributed by atoms with Crippen LogP contribution in [0.5, 0.6) is 0 Å². The number of methoxy groups -OCH3 is 1. The van der Waals surface area contributed by atoms with Gasteiger partial charge in [-0.15, -0.1) is 0 Å². The quantitative estimate of drug-likeness (QED) is 0.406. The summed E-state index contributed by atoms with van der Waals surface area (Å²) in [7, 11) is -1.71. The molecule has 0 aromatic heterocycles. The molecule has 0 aliphatic carbocycles. The van der Waals surface area contributed by atoms with Crippen LogP contribution in [0.15, 0.2) is 0 Å². The number of carbonyl (C=O) groups is 1. The molecular formula is C13H28NO6P. The van der Waals surface area contributed by atoms with Crippen LogP contribution in [0, 0.1) is 0 Å². The summed E-state index contributed by atoms with van der Waals surface area (Å²) in [5, 5.41) is 9.06. The van der Waals surface area contributed by atoms with Crippen molar-refractivity contribution in [2.45, 2.75) is 26.7 Å². The normalized spacial score (nSPS) is 11.9. The maximum absolute atomic E-state index is 12.3. The Kier molecular flexibility index (Phi) is 11.9. The molecule has 0 fully saturated rings. The zero-order chi connectivity index (χ0) is 16.1. The number of nitrogens with zero attached hydrogens (tertiary/aromatic N) is 1. The van der Waals surface area contributed by atoms with E-state index >= 15 is 0 Å². The predicted octanol–water partition coefficient (Wildman–Crippen LogP) is 1.50. The van der Waals surface area contributed by atoms with Crippen molar-refractivity contribution < 1.29 is 28.3 Å². The highest BCUT2D eigenvalue weighted by Gasteiger charge is 2.24. The van der Waals surface area contributed by atoms with E-state index in [0.29, 0.717) is 45.7 Å². The minimum Gasteiger partial charge on any atom is -0.469 e. The number of esters is 1. The lowest BCUT2D eigenvalue weighted by Gasteiger charge is -2.24. The molecule has 0 aromatic carbocycles. The van der Waals surface area contributed by atoms with Gasteiger partial charge in [0.05, 0.1) is 33.1 Å². The molecule has 0 radical (unpaired) electrons. The summed E-state index contributed by atoms with van der Waals surface area (Å²) in [6, 6.07) is 0. The molecule has 0 heterocycles. The average molecular weight is 325 g/mol. The van der Waals surface area contributed by atoms with Crippen LogP contribution in [0.2, 0.25) is 0 Å². The minimum atomic E-state index is -3.07. The van der Waals surface area contributed by atoms with E-state index in [1.165, 1.54) is 7.11 Å². The topological polar surface area (TPSA) is 85.3 Å². The zero-order valence-electron chi connectivity index (χ0n) is 13.2. The Morgan fingerprint density at radius 2 is 1.76 bits per heavy atom. The number of carbonyl (C=O) groups excluding carboxylic acids is 1. The van der Waals surface area contributed by atoms with E-state index in [1.54, 1.807) is 13.8 Å². The van der Waals surface area contributed by atoms with Gasteiger partial charge in [-0.05, 0) is 26.8 Å². The van der Waals surface area contributed by atoms with Crippen LogP contribution in [0.1, 0.15) is 26.7 Å².